The molecule has 3 rings (SSSR count). The van der Waals surface area contributed by atoms with E-state index < -0.39 is 17.2 Å². The Kier molecular flexibility index (Phi) is 4.97. The van der Waals surface area contributed by atoms with Gasteiger partial charge in [0.15, 0.2) is 0 Å². The molecule has 0 aromatic heterocycles. The number of benzene rings is 2. The van der Waals surface area contributed by atoms with E-state index in [1.165, 1.54) is 12.1 Å². The SMILES string of the molecule is CC.Cc1ccc2c(c1)C(C)(c1cccc(C(F)(F)F)c1)CN2C. The standard InChI is InChI=1S/C18H18F3N.C2H6/c1-12-7-8-16-15(9-12)17(2,11-22(16)3)13-5-4-6-14(10-13)18(19,20)21;1-2/h4-10H,11H2,1-3H3;1-2H3. The van der Waals surface area contributed by atoms with E-state index in [-0.39, 0.29) is 0 Å². The highest BCUT2D eigenvalue weighted by Crippen LogP contribution is 2.45. The second-order valence-electron chi connectivity index (χ2n) is 6.29. The van der Waals surface area contributed by atoms with Gasteiger partial charge < -0.3 is 4.90 Å². The van der Waals surface area contributed by atoms with Gasteiger partial charge in [-0.25, -0.2) is 0 Å². The summed E-state index contributed by atoms with van der Waals surface area (Å²) in [7, 11) is 1.98. The van der Waals surface area contributed by atoms with Crippen molar-refractivity contribution in [2.75, 3.05) is 18.5 Å². The van der Waals surface area contributed by atoms with E-state index in [2.05, 4.69) is 11.0 Å². The van der Waals surface area contributed by atoms with E-state index in [0.717, 1.165) is 22.9 Å². The Labute approximate surface area is 142 Å². The first kappa shape index (κ1) is 18.4. The number of likely N-dealkylation sites (N-methyl/N-ethyl adjacent to an activating group) is 1. The average molecular weight is 335 g/mol. The number of rotatable bonds is 1. The first-order valence-corrected chi connectivity index (χ1v) is 8.22. The van der Waals surface area contributed by atoms with Crippen molar-refractivity contribution in [1.82, 2.24) is 0 Å². The van der Waals surface area contributed by atoms with Crippen molar-refractivity contribution >= 4 is 5.69 Å². The summed E-state index contributed by atoms with van der Waals surface area (Å²) in [6.07, 6.45) is -4.31. The van der Waals surface area contributed by atoms with Crippen LogP contribution in [0.15, 0.2) is 42.5 Å². The molecule has 1 atom stereocenters. The maximum Gasteiger partial charge on any atom is 0.416 e. The van der Waals surface area contributed by atoms with Crippen molar-refractivity contribution in [2.45, 2.75) is 39.3 Å². The first-order chi connectivity index (χ1) is 11.2. The van der Waals surface area contributed by atoms with Gasteiger partial charge in [-0.2, -0.15) is 13.2 Å². The maximum atomic E-state index is 13.0. The van der Waals surface area contributed by atoms with E-state index in [1.54, 1.807) is 6.07 Å². The lowest BCUT2D eigenvalue weighted by atomic mass is 9.77. The molecule has 0 amide bonds. The fourth-order valence-corrected chi connectivity index (χ4v) is 3.35. The number of nitrogens with zero attached hydrogens (tertiary/aromatic N) is 1. The summed E-state index contributed by atoms with van der Waals surface area (Å²) in [5.41, 5.74) is 2.98. The summed E-state index contributed by atoms with van der Waals surface area (Å²) in [4.78, 5) is 2.11. The Morgan fingerprint density at radius 3 is 2.33 bits per heavy atom. The van der Waals surface area contributed by atoms with Gasteiger partial charge in [0.1, 0.15) is 0 Å². The lowest BCUT2D eigenvalue weighted by molar-refractivity contribution is -0.137. The van der Waals surface area contributed by atoms with Crippen molar-refractivity contribution in [3.05, 3.63) is 64.7 Å². The van der Waals surface area contributed by atoms with Crippen LogP contribution < -0.4 is 4.90 Å². The molecule has 2 aromatic carbocycles. The smallest absolute Gasteiger partial charge is 0.373 e. The number of halogens is 3. The third-order valence-electron chi connectivity index (χ3n) is 4.54. The number of hydrogen-bond acceptors (Lipinski definition) is 1. The van der Waals surface area contributed by atoms with Gasteiger partial charge in [-0.05, 0) is 37.1 Å². The van der Waals surface area contributed by atoms with Crippen LogP contribution in [0.4, 0.5) is 18.9 Å². The van der Waals surface area contributed by atoms with E-state index in [9.17, 15) is 13.2 Å². The van der Waals surface area contributed by atoms with Gasteiger partial charge in [-0.15, -0.1) is 0 Å². The molecule has 0 fully saturated rings. The Bertz CT molecular complexity index is 721. The van der Waals surface area contributed by atoms with Crippen LogP contribution in [-0.4, -0.2) is 13.6 Å². The third-order valence-corrected chi connectivity index (χ3v) is 4.54. The fraction of sp³-hybridized carbons (Fsp3) is 0.400. The number of hydrogen-bond donors (Lipinski definition) is 0. The summed E-state index contributed by atoms with van der Waals surface area (Å²) in [5, 5.41) is 0. The van der Waals surface area contributed by atoms with Gasteiger partial charge in [-0.1, -0.05) is 49.7 Å². The quantitative estimate of drug-likeness (QED) is 0.637. The highest BCUT2D eigenvalue weighted by atomic mass is 19.4. The van der Waals surface area contributed by atoms with Gasteiger partial charge in [0.25, 0.3) is 0 Å². The molecule has 2 aromatic rings. The summed E-state index contributed by atoms with van der Waals surface area (Å²) >= 11 is 0. The number of anilines is 1. The minimum Gasteiger partial charge on any atom is -0.373 e. The third kappa shape index (κ3) is 3.14. The van der Waals surface area contributed by atoms with Crippen LogP contribution in [0.5, 0.6) is 0 Å². The molecule has 0 radical (unpaired) electrons. The Morgan fingerprint density at radius 1 is 1.04 bits per heavy atom. The van der Waals surface area contributed by atoms with E-state index in [0.29, 0.717) is 12.1 Å². The minimum absolute atomic E-state index is 0.433. The molecule has 0 N–H and O–H groups in total. The van der Waals surface area contributed by atoms with Crippen molar-refractivity contribution in [2.24, 2.45) is 0 Å². The van der Waals surface area contributed by atoms with Crippen molar-refractivity contribution in [3.63, 3.8) is 0 Å². The van der Waals surface area contributed by atoms with Gasteiger partial charge in [0.2, 0.25) is 0 Å². The van der Waals surface area contributed by atoms with Crippen LogP contribution in [-0.2, 0) is 11.6 Å². The normalized spacial score (nSPS) is 19.6. The van der Waals surface area contributed by atoms with Crippen LogP contribution in [0.1, 0.15) is 43.0 Å². The van der Waals surface area contributed by atoms with Crippen LogP contribution in [0.2, 0.25) is 0 Å². The zero-order chi connectivity index (χ0) is 18.1. The molecule has 1 aliphatic heterocycles. The topological polar surface area (TPSA) is 3.24 Å². The molecule has 1 aliphatic rings. The Morgan fingerprint density at radius 2 is 1.71 bits per heavy atom. The average Bonchev–Trinajstić information content (AvgIpc) is 2.80. The summed E-state index contributed by atoms with van der Waals surface area (Å²) < 4.78 is 39.0. The molecule has 24 heavy (non-hydrogen) atoms. The second-order valence-corrected chi connectivity index (χ2v) is 6.29. The zero-order valence-electron chi connectivity index (χ0n) is 14.8. The predicted octanol–water partition coefficient (Wildman–Crippen LogP) is 5.80. The fourth-order valence-electron chi connectivity index (χ4n) is 3.35. The molecule has 0 saturated carbocycles. The van der Waals surface area contributed by atoms with Crippen LogP contribution in [0.25, 0.3) is 0 Å². The molecule has 4 heteroatoms. The predicted molar refractivity (Wildman–Crippen MR) is 93.7 cm³/mol. The van der Waals surface area contributed by atoms with E-state index in [4.69, 9.17) is 0 Å². The van der Waals surface area contributed by atoms with Crippen molar-refractivity contribution in [3.8, 4) is 0 Å². The summed E-state index contributed by atoms with van der Waals surface area (Å²) in [5.74, 6) is 0. The van der Waals surface area contributed by atoms with Crippen LogP contribution >= 0.6 is 0 Å². The lowest BCUT2D eigenvalue weighted by Gasteiger charge is -2.27. The van der Waals surface area contributed by atoms with Crippen molar-refractivity contribution < 1.29 is 13.2 Å². The number of aryl methyl sites for hydroxylation is 1. The van der Waals surface area contributed by atoms with Crippen LogP contribution in [0, 0.1) is 6.92 Å². The molecule has 0 saturated heterocycles. The zero-order valence-corrected chi connectivity index (χ0v) is 14.8. The lowest BCUT2D eigenvalue weighted by Crippen LogP contribution is -2.30. The van der Waals surface area contributed by atoms with Gasteiger partial charge in [0.05, 0.1) is 5.56 Å². The van der Waals surface area contributed by atoms with Crippen LogP contribution in [0.3, 0.4) is 0 Å². The molecule has 1 unspecified atom stereocenters. The summed E-state index contributed by atoms with van der Waals surface area (Å²) in [6.45, 7) is 8.70. The highest BCUT2D eigenvalue weighted by Gasteiger charge is 2.40. The Hall–Kier alpha value is -1.97. The second kappa shape index (κ2) is 6.50. The molecular formula is C20H24F3N. The van der Waals surface area contributed by atoms with Gasteiger partial charge in [0, 0.05) is 24.7 Å². The highest BCUT2D eigenvalue weighted by molar-refractivity contribution is 5.66. The summed E-state index contributed by atoms with van der Waals surface area (Å²) in [6, 6.07) is 11.9. The molecular weight excluding hydrogens is 311 g/mol. The molecule has 0 bridgehead atoms. The molecule has 1 nitrogen and oxygen atoms in total. The molecule has 1 heterocycles. The largest absolute Gasteiger partial charge is 0.416 e. The first-order valence-electron chi connectivity index (χ1n) is 8.22. The minimum atomic E-state index is -4.31. The Balaban J connectivity index is 0.00000100. The number of fused-ring (bicyclic) bond motifs is 1. The van der Waals surface area contributed by atoms with Gasteiger partial charge >= 0.3 is 6.18 Å². The molecule has 130 valence electrons. The monoisotopic (exact) mass is 335 g/mol. The maximum absolute atomic E-state index is 13.0. The number of alkyl halides is 3. The van der Waals surface area contributed by atoms with Gasteiger partial charge in [-0.3, -0.25) is 0 Å². The van der Waals surface area contributed by atoms with E-state index in [1.807, 2.05) is 46.9 Å². The van der Waals surface area contributed by atoms with Crippen molar-refractivity contribution in [1.29, 1.82) is 0 Å². The molecule has 0 spiro atoms. The molecule has 0 aliphatic carbocycles. The van der Waals surface area contributed by atoms with E-state index >= 15 is 0 Å².